The first kappa shape index (κ1) is 66.2. The van der Waals surface area contributed by atoms with Gasteiger partial charge >= 0.3 is 5.97 Å². The summed E-state index contributed by atoms with van der Waals surface area (Å²) in [6.07, 6.45) is 25.7. The summed E-state index contributed by atoms with van der Waals surface area (Å²) >= 11 is 0. The van der Waals surface area contributed by atoms with Gasteiger partial charge in [-0.25, -0.2) is 30.2 Å². The van der Waals surface area contributed by atoms with Gasteiger partial charge in [-0.3, -0.25) is 24.4 Å². The molecule has 0 atom stereocenters. The number of carbonyl (C=O) groups is 4. The van der Waals surface area contributed by atoms with E-state index in [4.69, 9.17) is 15.1 Å². The number of carboxylic acids is 1. The smallest absolute Gasteiger partial charge is 0.335 e. The van der Waals surface area contributed by atoms with Crippen molar-refractivity contribution in [3.63, 3.8) is 0 Å². The van der Waals surface area contributed by atoms with Crippen LogP contribution < -0.4 is 16.0 Å². The maximum absolute atomic E-state index is 13.2. The molecule has 2 spiro atoms. The zero-order valence-corrected chi connectivity index (χ0v) is 49.8. The van der Waals surface area contributed by atoms with Crippen LogP contribution in [0, 0.1) is 13.8 Å². The second-order valence-corrected chi connectivity index (χ2v) is 27.0. The minimum absolute atomic E-state index is 0. The highest BCUT2D eigenvalue weighted by atomic mass is 32.2. The fourth-order valence-corrected chi connectivity index (χ4v) is 14.5. The van der Waals surface area contributed by atoms with Crippen molar-refractivity contribution in [2.24, 2.45) is 9.98 Å². The molecule has 0 bridgehead atoms. The highest BCUT2D eigenvalue weighted by Gasteiger charge is 2.48. The van der Waals surface area contributed by atoms with Crippen LogP contribution in [0.5, 0.6) is 0 Å². The van der Waals surface area contributed by atoms with Gasteiger partial charge < -0.3 is 26.0 Å². The Bertz CT molecular complexity index is 2620. The van der Waals surface area contributed by atoms with E-state index in [1.54, 1.807) is 19.1 Å². The Morgan fingerprint density at radius 3 is 1.31 bits per heavy atom. The first-order valence-electron chi connectivity index (χ1n) is 30.1. The fraction of sp³-hybridized carbons (Fsp3) is 0.705. The topological polar surface area (TPSA) is 227 Å². The maximum Gasteiger partial charge on any atom is 0.335 e. The Morgan fingerprint density at radius 2 is 0.938 bits per heavy atom. The average Bonchev–Trinajstić information content (AvgIpc) is 4.29. The summed E-state index contributed by atoms with van der Waals surface area (Å²) in [4.78, 5) is 60.7. The van der Waals surface area contributed by atoms with Crippen molar-refractivity contribution in [1.29, 1.82) is 0 Å². The number of hydrogen-bond acceptors (Lipinski definition) is 11. The number of benzene rings is 2. The van der Waals surface area contributed by atoms with Gasteiger partial charge in [-0.15, -0.1) is 0 Å². The second kappa shape index (κ2) is 32.3. The number of nitrogens with zero attached hydrogens (tertiary/aromatic N) is 5. The molecular weight excluding hydrogens is 1050 g/mol. The van der Waals surface area contributed by atoms with Gasteiger partial charge in [0.05, 0.1) is 17.1 Å². The molecule has 0 unspecified atom stereocenters. The number of hydrogen-bond donors (Lipinski definition) is 4. The third-order valence-electron chi connectivity index (χ3n) is 16.8. The van der Waals surface area contributed by atoms with Crippen molar-refractivity contribution in [2.75, 3.05) is 63.9 Å². The van der Waals surface area contributed by atoms with Crippen LogP contribution in [0.1, 0.15) is 218 Å². The van der Waals surface area contributed by atoms with Crippen LogP contribution in [-0.4, -0.2) is 146 Å². The molecule has 448 valence electrons. The van der Waals surface area contributed by atoms with Crippen LogP contribution in [0.25, 0.3) is 0 Å². The van der Waals surface area contributed by atoms with Crippen molar-refractivity contribution in [3.05, 3.63) is 69.8 Å². The molecule has 3 amide bonds. The van der Waals surface area contributed by atoms with Crippen LogP contribution in [0.4, 0.5) is 0 Å². The Labute approximate surface area is 480 Å². The van der Waals surface area contributed by atoms with Gasteiger partial charge in [0.2, 0.25) is 20.0 Å². The molecule has 0 radical (unpaired) electrons. The molecule has 4 saturated heterocycles. The third kappa shape index (κ3) is 19.3. The quantitative estimate of drug-likeness (QED) is 0.0652. The van der Waals surface area contributed by atoms with Gasteiger partial charge in [0.25, 0.3) is 17.7 Å². The van der Waals surface area contributed by atoms with Crippen LogP contribution in [0.3, 0.4) is 0 Å². The van der Waals surface area contributed by atoms with Crippen LogP contribution in [0.2, 0.25) is 0 Å². The number of aromatic carboxylic acids is 1. The molecule has 6 aliphatic heterocycles. The number of carboxylic acid groups (broad SMARTS) is 1. The van der Waals surface area contributed by atoms with E-state index in [1.807, 2.05) is 30.0 Å². The molecule has 0 aromatic heterocycles. The molecular formula is C61H98N8O9S2. The highest BCUT2D eigenvalue weighted by molar-refractivity contribution is 7.89. The van der Waals surface area contributed by atoms with Crippen LogP contribution >= 0.6 is 0 Å². The molecule has 4 N–H and O–H groups in total. The maximum atomic E-state index is 13.2. The molecule has 2 aromatic carbocycles. The Hall–Kier alpha value is -4.56. The molecule has 4 fully saturated rings. The Morgan fingerprint density at radius 1 is 0.550 bits per heavy atom. The summed E-state index contributed by atoms with van der Waals surface area (Å²) in [5.74, 6) is 0.371. The van der Waals surface area contributed by atoms with Crippen molar-refractivity contribution >= 4 is 55.4 Å². The zero-order chi connectivity index (χ0) is 56.9. The van der Waals surface area contributed by atoms with Crippen LogP contribution in [0.15, 0.2) is 46.4 Å². The number of aryl methyl sites for hydroxylation is 4. The third-order valence-corrected chi connectivity index (χ3v) is 20.5. The summed E-state index contributed by atoms with van der Waals surface area (Å²) in [5.41, 5.74) is 2.70. The van der Waals surface area contributed by atoms with E-state index in [9.17, 15) is 36.0 Å². The first-order valence-corrected chi connectivity index (χ1v) is 33.3. The molecule has 0 saturated carbocycles. The number of carbonyl (C=O) groups excluding carboxylic acids is 3. The number of aliphatic imine (C=N–C) groups is 2. The SMILES string of the molecule is C.C1CCNC1.CCCCCCCCCC1=NC2(CCN(S(=O)(=O)CCc3ccc(C(=O)N4CCCC4)cc3C)CC2)C(=O)N1.CCCCCCCCCC1=NC2(CCN(S(=O)(=O)CCc3ccc(C(=O)O)cc3C)CC2)C(=O)N1. The van der Waals surface area contributed by atoms with Crippen molar-refractivity contribution < 1.29 is 41.1 Å². The molecule has 0 aliphatic carbocycles. The Balaban J connectivity index is 0.000000268. The van der Waals surface area contributed by atoms with E-state index < -0.39 is 37.1 Å². The van der Waals surface area contributed by atoms with Gasteiger partial charge in [-0.05, 0) is 151 Å². The van der Waals surface area contributed by atoms with E-state index >= 15 is 0 Å². The lowest BCUT2D eigenvalue weighted by molar-refractivity contribution is -0.125. The number of amides is 3. The molecule has 6 aliphatic rings. The second-order valence-electron chi connectivity index (χ2n) is 22.8. The molecule has 2 aromatic rings. The van der Waals surface area contributed by atoms with E-state index in [0.29, 0.717) is 57.2 Å². The van der Waals surface area contributed by atoms with E-state index in [2.05, 4.69) is 29.8 Å². The van der Waals surface area contributed by atoms with E-state index in [-0.39, 0.29) is 55.3 Å². The molecule has 17 nitrogen and oxygen atoms in total. The molecule has 8 rings (SSSR count). The number of piperidine rings is 2. The van der Waals surface area contributed by atoms with Gasteiger partial charge in [-0.1, -0.05) is 110 Å². The average molecular weight is 1150 g/mol. The molecule has 19 heteroatoms. The summed E-state index contributed by atoms with van der Waals surface area (Å²) in [6.45, 7) is 13.5. The van der Waals surface area contributed by atoms with Gasteiger partial charge in [0.1, 0.15) is 22.7 Å². The van der Waals surface area contributed by atoms with Crippen LogP contribution in [-0.2, 0) is 42.5 Å². The molecule has 6 heterocycles. The summed E-state index contributed by atoms with van der Waals surface area (Å²) < 4.78 is 55.2. The monoisotopic (exact) mass is 1150 g/mol. The summed E-state index contributed by atoms with van der Waals surface area (Å²) in [7, 11) is -6.96. The van der Waals surface area contributed by atoms with Crippen molar-refractivity contribution in [3.8, 4) is 0 Å². The summed E-state index contributed by atoms with van der Waals surface area (Å²) in [6, 6.07) is 10.3. The highest BCUT2D eigenvalue weighted by Crippen LogP contribution is 2.34. The Kier molecular flexibility index (Phi) is 26.8. The van der Waals surface area contributed by atoms with Gasteiger partial charge in [-0.2, -0.15) is 0 Å². The number of unbranched alkanes of at least 4 members (excludes halogenated alkanes) is 12. The van der Waals surface area contributed by atoms with E-state index in [1.165, 1.54) is 105 Å². The van der Waals surface area contributed by atoms with Crippen molar-refractivity contribution in [1.82, 2.24) is 29.5 Å². The number of rotatable bonds is 26. The number of nitrogens with one attached hydrogen (secondary N) is 3. The van der Waals surface area contributed by atoms with Gasteiger partial charge in [0, 0.05) is 57.7 Å². The number of amidine groups is 2. The lowest BCUT2D eigenvalue weighted by Gasteiger charge is -2.34. The zero-order valence-electron chi connectivity index (χ0n) is 48.2. The lowest BCUT2D eigenvalue weighted by atomic mass is 9.89. The normalized spacial score (nSPS) is 18.9. The number of sulfonamides is 2. The van der Waals surface area contributed by atoms with E-state index in [0.717, 1.165) is 98.4 Å². The first-order chi connectivity index (χ1) is 37.9. The van der Waals surface area contributed by atoms with Gasteiger partial charge in [0.15, 0.2) is 0 Å². The molecule has 80 heavy (non-hydrogen) atoms. The predicted molar refractivity (Wildman–Crippen MR) is 322 cm³/mol. The largest absolute Gasteiger partial charge is 0.478 e. The van der Waals surface area contributed by atoms with Crippen molar-refractivity contribution in [2.45, 2.75) is 213 Å². The fourth-order valence-electron chi connectivity index (χ4n) is 11.5. The number of likely N-dealkylation sites (tertiary alicyclic amines) is 1. The predicted octanol–water partition coefficient (Wildman–Crippen LogP) is 9.68. The minimum Gasteiger partial charge on any atom is -0.478 e. The lowest BCUT2D eigenvalue weighted by Crippen LogP contribution is -2.50. The standard InChI is InChI=1S/C30H46N4O4S.C26H39N3O5S.C4H9N.CH4/c1-3-4-5-6-7-8-9-12-27-31-29(36)30(32-27)16-20-34(21-17-30)39(37,38)22-15-25-13-14-26(23-24(25)2)28(35)33-18-10-11-19-33;1-3-4-5-6-7-8-9-10-23-27-25(32)26(28-23)14-16-29(17-15-26)35(33,34)18-13-21-11-12-22(24(30)31)19-20(21)2;1-2-4-5-3-1;/h13-14,23H,3-12,15-22H2,1-2H3,(H,31,32,36);11-12,19H,3-10,13-18H2,1-2H3,(H,30,31)(H,27,28,32);5H,1-4H2;1H4. The minimum atomic E-state index is -3.49. The summed E-state index contributed by atoms with van der Waals surface area (Å²) in [5, 5.41) is 18.2.